The van der Waals surface area contributed by atoms with Crippen LogP contribution in [0.2, 0.25) is 0 Å². The minimum Gasteiger partial charge on any atom is -0.478 e. The van der Waals surface area contributed by atoms with Crippen LogP contribution < -0.4 is 5.32 Å². The zero-order chi connectivity index (χ0) is 12.3. The van der Waals surface area contributed by atoms with Crippen molar-refractivity contribution in [1.82, 2.24) is 0 Å². The Hall–Kier alpha value is -0.810. The molecule has 0 spiro atoms. The molecule has 3 nitrogen and oxygen atoms in total. The van der Waals surface area contributed by atoms with E-state index in [1.54, 1.807) is 0 Å². The van der Waals surface area contributed by atoms with Crippen LogP contribution in [-0.2, 0) is 4.79 Å². The largest absolute Gasteiger partial charge is 0.478 e. The molecule has 0 saturated carbocycles. The maximum atomic E-state index is 10.6. The molecule has 0 unspecified atom stereocenters. The topological polar surface area (TPSA) is 49.3 Å². The van der Waals surface area contributed by atoms with Gasteiger partial charge in [0.15, 0.2) is 0 Å². The summed E-state index contributed by atoms with van der Waals surface area (Å²) in [7, 11) is 0. The van der Waals surface area contributed by atoms with Crippen LogP contribution in [0.25, 0.3) is 0 Å². The fourth-order valence-electron chi connectivity index (χ4n) is 1.14. The van der Waals surface area contributed by atoms with Gasteiger partial charge in [0, 0.05) is 21.1 Å². The zero-order valence-corrected chi connectivity index (χ0v) is 11.9. The van der Waals surface area contributed by atoms with E-state index in [0.717, 1.165) is 20.2 Å². The van der Waals surface area contributed by atoms with Gasteiger partial charge < -0.3 is 10.4 Å². The highest BCUT2D eigenvalue weighted by Gasteiger charge is 2.08. The second kappa shape index (κ2) is 5.50. The van der Waals surface area contributed by atoms with Gasteiger partial charge in [0.25, 0.3) is 0 Å². The van der Waals surface area contributed by atoms with Gasteiger partial charge >= 0.3 is 5.97 Å². The highest BCUT2D eigenvalue weighted by molar-refractivity contribution is 9.11. The van der Waals surface area contributed by atoms with Gasteiger partial charge in [-0.3, -0.25) is 0 Å². The molecule has 0 aromatic heterocycles. The molecular weight excluding hydrogens is 338 g/mol. The first-order valence-electron chi connectivity index (χ1n) is 4.52. The van der Waals surface area contributed by atoms with E-state index in [9.17, 15) is 4.79 Å². The van der Waals surface area contributed by atoms with E-state index in [0.29, 0.717) is 0 Å². The van der Waals surface area contributed by atoms with E-state index in [2.05, 4.69) is 43.8 Å². The lowest BCUT2D eigenvalue weighted by molar-refractivity contribution is -0.132. The number of halogens is 2. The molecule has 0 amide bonds. The second-order valence-electron chi connectivity index (χ2n) is 3.37. The average molecular weight is 349 g/mol. The minimum atomic E-state index is -0.994. The monoisotopic (exact) mass is 347 g/mol. The van der Waals surface area contributed by atoms with Crippen molar-refractivity contribution in [2.45, 2.75) is 6.92 Å². The van der Waals surface area contributed by atoms with Crippen LogP contribution in [0.3, 0.4) is 0 Å². The summed E-state index contributed by atoms with van der Waals surface area (Å²) in [6.45, 7) is 5.64. The Bertz CT molecular complexity index is 421. The number of carbonyl (C=O) groups is 1. The van der Waals surface area contributed by atoms with Crippen LogP contribution in [-0.4, -0.2) is 17.6 Å². The minimum absolute atomic E-state index is 0.124. The first-order chi connectivity index (χ1) is 7.41. The number of anilines is 1. The van der Waals surface area contributed by atoms with Crippen molar-refractivity contribution in [2.24, 2.45) is 0 Å². The number of nitrogens with one attached hydrogen (secondary N) is 1. The molecule has 0 heterocycles. The third kappa shape index (κ3) is 3.35. The Morgan fingerprint density at radius 3 is 2.38 bits per heavy atom. The van der Waals surface area contributed by atoms with Crippen molar-refractivity contribution in [2.75, 3.05) is 11.9 Å². The van der Waals surface area contributed by atoms with Gasteiger partial charge in [-0.25, -0.2) is 4.79 Å². The first-order valence-corrected chi connectivity index (χ1v) is 6.11. The van der Waals surface area contributed by atoms with E-state index in [1.165, 1.54) is 0 Å². The SMILES string of the molecule is C=C(CNc1c(Br)cc(C)cc1Br)C(=O)O. The fraction of sp³-hybridized carbons (Fsp3) is 0.182. The number of benzene rings is 1. The maximum absolute atomic E-state index is 10.6. The predicted octanol–water partition coefficient (Wildman–Crippen LogP) is 3.57. The van der Waals surface area contributed by atoms with Gasteiger partial charge in [-0.05, 0) is 56.5 Å². The summed E-state index contributed by atoms with van der Waals surface area (Å²) < 4.78 is 1.77. The highest BCUT2D eigenvalue weighted by Crippen LogP contribution is 2.32. The van der Waals surface area contributed by atoms with E-state index >= 15 is 0 Å². The molecule has 86 valence electrons. The molecule has 0 aliphatic carbocycles. The molecule has 0 aliphatic heterocycles. The lowest BCUT2D eigenvalue weighted by Crippen LogP contribution is -2.11. The Morgan fingerprint density at radius 1 is 1.44 bits per heavy atom. The third-order valence-electron chi connectivity index (χ3n) is 1.97. The molecule has 2 N–H and O–H groups in total. The quantitative estimate of drug-likeness (QED) is 0.818. The lowest BCUT2D eigenvalue weighted by Gasteiger charge is -2.11. The summed E-state index contributed by atoms with van der Waals surface area (Å²) in [6, 6.07) is 3.91. The highest BCUT2D eigenvalue weighted by atomic mass is 79.9. The molecule has 0 fully saturated rings. The number of hydrogen-bond donors (Lipinski definition) is 2. The van der Waals surface area contributed by atoms with Crippen molar-refractivity contribution in [3.8, 4) is 0 Å². The van der Waals surface area contributed by atoms with Crippen molar-refractivity contribution in [1.29, 1.82) is 0 Å². The summed E-state index contributed by atoms with van der Waals surface area (Å²) in [6.07, 6.45) is 0. The molecule has 1 rings (SSSR count). The Labute approximate surface area is 111 Å². The van der Waals surface area contributed by atoms with E-state index < -0.39 is 5.97 Å². The smallest absolute Gasteiger partial charge is 0.332 e. The summed E-state index contributed by atoms with van der Waals surface area (Å²) >= 11 is 6.83. The number of aliphatic carboxylic acids is 1. The number of carboxylic acids is 1. The summed E-state index contributed by atoms with van der Waals surface area (Å²) in [4.78, 5) is 10.6. The summed E-state index contributed by atoms with van der Waals surface area (Å²) in [5.74, 6) is -0.994. The molecule has 1 aromatic rings. The maximum Gasteiger partial charge on any atom is 0.332 e. The summed E-state index contributed by atoms with van der Waals surface area (Å²) in [5, 5.41) is 11.7. The lowest BCUT2D eigenvalue weighted by atomic mass is 10.2. The Morgan fingerprint density at radius 2 is 1.94 bits per heavy atom. The van der Waals surface area contributed by atoms with Gasteiger partial charge in [0.1, 0.15) is 0 Å². The van der Waals surface area contributed by atoms with Crippen LogP contribution >= 0.6 is 31.9 Å². The van der Waals surface area contributed by atoms with Crippen molar-refractivity contribution in [3.63, 3.8) is 0 Å². The second-order valence-corrected chi connectivity index (χ2v) is 5.07. The van der Waals surface area contributed by atoms with Crippen LogP contribution in [0.4, 0.5) is 5.69 Å². The molecular formula is C11H11Br2NO2. The molecule has 0 atom stereocenters. The molecule has 0 radical (unpaired) electrons. The van der Waals surface area contributed by atoms with Gasteiger partial charge in [-0.15, -0.1) is 0 Å². The van der Waals surface area contributed by atoms with Crippen LogP contribution in [0.1, 0.15) is 5.56 Å². The number of rotatable bonds is 4. The zero-order valence-electron chi connectivity index (χ0n) is 8.68. The van der Waals surface area contributed by atoms with Crippen LogP contribution in [0.15, 0.2) is 33.2 Å². The van der Waals surface area contributed by atoms with Crippen molar-refractivity contribution < 1.29 is 9.90 Å². The normalized spacial score (nSPS) is 9.94. The fourth-order valence-corrected chi connectivity index (χ4v) is 2.84. The molecule has 0 aliphatic rings. The van der Waals surface area contributed by atoms with Crippen LogP contribution in [0, 0.1) is 6.92 Å². The van der Waals surface area contributed by atoms with E-state index in [1.807, 2.05) is 19.1 Å². The Kier molecular flexibility index (Phi) is 4.56. The van der Waals surface area contributed by atoms with Crippen molar-refractivity contribution >= 4 is 43.5 Å². The van der Waals surface area contributed by atoms with E-state index in [-0.39, 0.29) is 12.1 Å². The first kappa shape index (κ1) is 13.3. The summed E-state index contributed by atoms with van der Waals surface area (Å²) in [5.41, 5.74) is 2.06. The number of carboxylic acid groups (broad SMARTS) is 1. The van der Waals surface area contributed by atoms with Crippen LogP contribution in [0.5, 0.6) is 0 Å². The van der Waals surface area contributed by atoms with Gasteiger partial charge in [-0.2, -0.15) is 0 Å². The number of hydrogen-bond acceptors (Lipinski definition) is 2. The van der Waals surface area contributed by atoms with Gasteiger partial charge in [0.05, 0.1) is 5.69 Å². The third-order valence-corrected chi connectivity index (χ3v) is 3.22. The van der Waals surface area contributed by atoms with Gasteiger partial charge in [-0.1, -0.05) is 6.58 Å². The molecule has 16 heavy (non-hydrogen) atoms. The number of aryl methyl sites for hydroxylation is 1. The van der Waals surface area contributed by atoms with E-state index in [4.69, 9.17) is 5.11 Å². The molecule has 0 bridgehead atoms. The Balaban J connectivity index is 2.82. The molecule has 1 aromatic carbocycles. The average Bonchev–Trinajstić information content (AvgIpc) is 2.15. The van der Waals surface area contributed by atoms with Crippen molar-refractivity contribution in [3.05, 3.63) is 38.8 Å². The molecule has 5 heteroatoms. The standard InChI is InChI=1S/C11H11Br2NO2/c1-6-3-8(12)10(9(13)4-6)14-5-7(2)11(15)16/h3-4,14H,2,5H2,1H3,(H,15,16). The predicted molar refractivity (Wildman–Crippen MR) is 71.8 cm³/mol. The molecule has 0 saturated heterocycles. The van der Waals surface area contributed by atoms with Gasteiger partial charge in [0.2, 0.25) is 0 Å².